The van der Waals surface area contributed by atoms with Gasteiger partial charge in [0.1, 0.15) is 10.6 Å². The standard InChI is InChI=1S/C7H8FNO4S/c1-4-6(14(8,11)12)3-5(9-4)7(10)13-2/h3,9H,1-2H3. The summed E-state index contributed by atoms with van der Waals surface area (Å²) in [5.41, 5.74) is -0.0332. The van der Waals surface area contributed by atoms with Gasteiger partial charge in [-0.05, 0) is 13.0 Å². The van der Waals surface area contributed by atoms with Crippen molar-refractivity contribution in [1.29, 1.82) is 0 Å². The first-order valence-electron chi connectivity index (χ1n) is 3.59. The topological polar surface area (TPSA) is 76.2 Å². The van der Waals surface area contributed by atoms with Crippen LogP contribution in [-0.2, 0) is 15.0 Å². The van der Waals surface area contributed by atoms with Gasteiger partial charge in [0, 0.05) is 5.69 Å². The quantitative estimate of drug-likeness (QED) is 0.591. The van der Waals surface area contributed by atoms with Gasteiger partial charge in [-0.25, -0.2) is 4.79 Å². The van der Waals surface area contributed by atoms with Crippen LogP contribution in [-0.4, -0.2) is 26.5 Å². The third-order valence-corrected chi connectivity index (χ3v) is 2.58. The zero-order valence-electron chi connectivity index (χ0n) is 7.50. The number of aromatic nitrogens is 1. The molecule has 0 aliphatic carbocycles. The number of carbonyl (C=O) groups is 1. The highest BCUT2D eigenvalue weighted by Gasteiger charge is 2.21. The first-order chi connectivity index (χ1) is 6.36. The predicted octanol–water partition coefficient (Wildman–Crippen LogP) is 0.768. The number of hydrogen-bond donors (Lipinski definition) is 1. The van der Waals surface area contributed by atoms with Gasteiger partial charge in [0.15, 0.2) is 0 Å². The molecule has 0 saturated heterocycles. The van der Waals surface area contributed by atoms with Gasteiger partial charge < -0.3 is 9.72 Å². The monoisotopic (exact) mass is 221 g/mol. The van der Waals surface area contributed by atoms with Crippen LogP contribution < -0.4 is 0 Å². The second-order valence-corrected chi connectivity index (χ2v) is 3.92. The summed E-state index contributed by atoms with van der Waals surface area (Å²) in [5.74, 6) is -0.747. The predicted molar refractivity (Wildman–Crippen MR) is 45.2 cm³/mol. The van der Waals surface area contributed by atoms with Gasteiger partial charge in [0.25, 0.3) is 0 Å². The largest absolute Gasteiger partial charge is 0.464 e. The maximum Gasteiger partial charge on any atom is 0.354 e. The highest BCUT2D eigenvalue weighted by molar-refractivity contribution is 7.86. The minimum Gasteiger partial charge on any atom is -0.464 e. The number of carbonyl (C=O) groups excluding carboxylic acids is 1. The van der Waals surface area contributed by atoms with E-state index in [1.807, 2.05) is 0 Å². The number of ether oxygens (including phenoxy) is 1. The molecule has 0 aliphatic heterocycles. The number of rotatable bonds is 2. The maximum absolute atomic E-state index is 12.6. The van der Waals surface area contributed by atoms with Crippen LogP contribution in [0.3, 0.4) is 0 Å². The highest BCUT2D eigenvalue weighted by atomic mass is 32.3. The van der Waals surface area contributed by atoms with E-state index in [-0.39, 0.29) is 11.4 Å². The molecular weight excluding hydrogens is 213 g/mol. The Morgan fingerprint density at radius 1 is 1.57 bits per heavy atom. The third kappa shape index (κ3) is 1.92. The number of halogens is 1. The summed E-state index contributed by atoms with van der Waals surface area (Å²) in [4.78, 5) is 12.8. The Kier molecular flexibility index (Phi) is 2.61. The van der Waals surface area contributed by atoms with E-state index in [9.17, 15) is 17.1 Å². The van der Waals surface area contributed by atoms with E-state index >= 15 is 0 Å². The number of esters is 1. The van der Waals surface area contributed by atoms with Crippen molar-refractivity contribution < 1.29 is 21.8 Å². The molecule has 0 aromatic carbocycles. The average molecular weight is 221 g/mol. The van der Waals surface area contributed by atoms with Gasteiger partial charge in [-0.2, -0.15) is 8.42 Å². The van der Waals surface area contributed by atoms with Crippen molar-refractivity contribution in [2.75, 3.05) is 7.11 Å². The number of hydrogen-bond acceptors (Lipinski definition) is 4. The summed E-state index contributed by atoms with van der Waals surface area (Å²) in [5, 5.41) is 0. The van der Waals surface area contributed by atoms with Gasteiger partial charge in [0.2, 0.25) is 0 Å². The van der Waals surface area contributed by atoms with Gasteiger partial charge in [-0.1, -0.05) is 0 Å². The van der Waals surface area contributed by atoms with E-state index in [4.69, 9.17) is 0 Å². The Labute approximate surface area is 80.1 Å². The van der Waals surface area contributed by atoms with E-state index < -0.39 is 21.1 Å². The molecule has 78 valence electrons. The Morgan fingerprint density at radius 2 is 2.14 bits per heavy atom. The molecular formula is C7H8FNO4S. The first-order valence-corrected chi connectivity index (χ1v) is 4.97. The molecule has 1 rings (SSSR count). The van der Waals surface area contributed by atoms with Crippen LogP contribution in [0.15, 0.2) is 11.0 Å². The molecule has 0 radical (unpaired) electrons. The zero-order chi connectivity index (χ0) is 10.9. The molecule has 0 unspecified atom stereocenters. The highest BCUT2D eigenvalue weighted by Crippen LogP contribution is 2.18. The molecule has 1 aromatic rings. The van der Waals surface area contributed by atoms with E-state index in [1.54, 1.807) is 0 Å². The van der Waals surface area contributed by atoms with Crippen LogP contribution in [0.25, 0.3) is 0 Å². The van der Waals surface area contributed by atoms with Crippen LogP contribution in [0.2, 0.25) is 0 Å². The van der Waals surface area contributed by atoms with Gasteiger partial charge in [-0.3, -0.25) is 0 Å². The van der Waals surface area contributed by atoms with E-state index in [2.05, 4.69) is 9.72 Å². The molecule has 0 bridgehead atoms. The fourth-order valence-corrected chi connectivity index (χ4v) is 1.69. The number of aryl methyl sites for hydroxylation is 1. The Hall–Kier alpha value is -1.37. The Balaban J connectivity index is 3.25. The Bertz CT molecular complexity index is 462. The smallest absolute Gasteiger partial charge is 0.354 e. The molecule has 0 spiro atoms. The molecule has 7 heteroatoms. The van der Waals surface area contributed by atoms with Gasteiger partial charge in [-0.15, -0.1) is 3.89 Å². The fraction of sp³-hybridized carbons (Fsp3) is 0.286. The average Bonchev–Trinajstić information content (AvgIpc) is 2.45. The summed E-state index contributed by atoms with van der Waals surface area (Å²) in [7, 11) is -3.65. The molecule has 1 heterocycles. The molecule has 1 aromatic heterocycles. The number of nitrogens with one attached hydrogen (secondary N) is 1. The van der Waals surface area contributed by atoms with Crippen molar-refractivity contribution >= 4 is 16.2 Å². The third-order valence-electron chi connectivity index (χ3n) is 1.64. The van der Waals surface area contributed by atoms with E-state index in [0.717, 1.165) is 13.2 Å². The molecule has 0 atom stereocenters. The number of aromatic amines is 1. The molecule has 5 nitrogen and oxygen atoms in total. The summed E-state index contributed by atoms with van der Waals surface area (Å²) < 4.78 is 38.0. The molecule has 0 aliphatic rings. The van der Waals surface area contributed by atoms with E-state index in [1.165, 1.54) is 6.92 Å². The van der Waals surface area contributed by atoms with Gasteiger partial charge in [0.05, 0.1) is 7.11 Å². The molecule has 0 fully saturated rings. The first kappa shape index (κ1) is 10.7. The lowest BCUT2D eigenvalue weighted by molar-refractivity contribution is 0.0594. The van der Waals surface area contributed by atoms with Crippen molar-refractivity contribution in [1.82, 2.24) is 4.98 Å². The van der Waals surface area contributed by atoms with Crippen LogP contribution in [0.4, 0.5) is 3.89 Å². The fourth-order valence-electron chi connectivity index (χ4n) is 1.01. The Morgan fingerprint density at radius 3 is 2.50 bits per heavy atom. The lowest BCUT2D eigenvalue weighted by Crippen LogP contribution is -2.00. The maximum atomic E-state index is 12.6. The van der Waals surface area contributed by atoms with Crippen molar-refractivity contribution in [2.24, 2.45) is 0 Å². The second kappa shape index (κ2) is 3.41. The summed E-state index contributed by atoms with van der Waals surface area (Å²) in [6.45, 7) is 1.35. The SMILES string of the molecule is COC(=O)c1cc(S(=O)(=O)F)c(C)[nH]1. The van der Waals surface area contributed by atoms with Crippen molar-refractivity contribution in [2.45, 2.75) is 11.8 Å². The summed E-state index contributed by atoms with van der Waals surface area (Å²) in [6.07, 6.45) is 0. The second-order valence-electron chi connectivity index (χ2n) is 2.60. The van der Waals surface area contributed by atoms with E-state index in [0.29, 0.717) is 0 Å². The van der Waals surface area contributed by atoms with Crippen molar-refractivity contribution in [3.63, 3.8) is 0 Å². The van der Waals surface area contributed by atoms with Crippen molar-refractivity contribution in [3.8, 4) is 0 Å². The molecule has 0 amide bonds. The van der Waals surface area contributed by atoms with Crippen molar-refractivity contribution in [3.05, 3.63) is 17.5 Å². The number of methoxy groups -OCH3 is 1. The lowest BCUT2D eigenvalue weighted by Gasteiger charge is -1.92. The normalized spacial score (nSPS) is 11.4. The summed E-state index contributed by atoms with van der Waals surface area (Å²) in [6, 6.07) is 0.899. The molecule has 0 saturated carbocycles. The minimum absolute atomic E-state index is 0.0629. The van der Waals surface area contributed by atoms with Crippen LogP contribution in [0.5, 0.6) is 0 Å². The van der Waals surface area contributed by atoms with Crippen LogP contribution in [0, 0.1) is 6.92 Å². The zero-order valence-corrected chi connectivity index (χ0v) is 8.31. The van der Waals surface area contributed by atoms with Crippen LogP contribution >= 0.6 is 0 Å². The van der Waals surface area contributed by atoms with Gasteiger partial charge >= 0.3 is 16.2 Å². The summed E-state index contributed by atoms with van der Waals surface area (Å²) >= 11 is 0. The molecule has 1 N–H and O–H groups in total. The number of H-pyrrole nitrogens is 1. The minimum atomic E-state index is -4.79. The molecule has 14 heavy (non-hydrogen) atoms. The van der Waals surface area contributed by atoms with Crippen LogP contribution in [0.1, 0.15) is 16.2 Å². The lowest BCUT2D eigenvalue weighted by atomic mass is 10.4.